The van der Waals surface area contributed by atoms with Gasteiger partial charge in [0.25, 0.3) is 0 Å². The van der Waals surface area contributed by atoms with E-state index in [1.165, 1.54) is 6.42 Å². The van der Waals surface area contributed by atoms with Crippen molar-refractivity contribution in [3.63, 3.8) is 0 Å². The van der Waals surface area contributed by atoms with Gasteiger partial charge in [-0.05, 0) is 19.3 Å². The smallest absolute Gasteiger partial charge is 0.224 e. The maximum Gasteiger partial charge on any atom is 0.224 e. The van der Waals surface area contributed by atoms with E-state index in [9.17, 15) is 9.59 Å². The van der Waals surface area contributed by atoms with Crippen LogP contribution in [0.1, 0.15) is 32.1 Å². The van der Waals surface area contributed by atoms with Crippen molar-refractivity contribution in [2.24, 2.45) is 5.92 Å². The summed E-state index contributed by atoms with van der Waals surface area (Å²) in [7, 11) is 0. The van der Waals surface area contributed by atoms with Crippen LogP contribution in [0.4, 0.5) is 0 Å². The molecule has 2 fully saturated rings. The van der Waals surface area contributed by atoms with Crippen LogP contribution in [-0.2, 0) is 9.59 Å². The highest BCUT2D eigenvalue weighted by Gasteiger charge is 2.34. The molecule has 66 valence electrons. The SMILES string of the molecule is O=C1CC(C(=O)NC2CCC2)C1. The molecular formula is C9H13NO2. The van der Waals surface area contributed by atoms with E-state index in [4.69, 9.17) is 0 Å². The maximum atomic E-state index is 11.3. The molecule has 0 atom stereocenters. The van der Waals surface area contributed by atoms with Crippen molar-refractivity contribution in [1.29, 1.82) is 0 Å². The maximum absolute atomic E-state index is 11.3. The van der Waals surface area contributed by atoms with Crippen LogP contribution in [0.3, 0.4) is 0 Å². The average molecular weight is 167 g/mol. The van der Waals surface area contributed by atoms with E-state index < -0.39 is 0 Å². The largest absolute Gasteiger partial charge is 0.353 e. The first-order valence-corrected chi connectivity index (χ1v) is 4.58. The molecule has 0 heterocycles. The quantitative estimate of drug-likeness (QED) is 0.655. The zero-order valence-electron chi connectivity index (χ0n) is 7.01. The van der Waals surface area contributed by atoms with Gasteiger partial charge >= 0.3 is 0 Å². The highest BCUT2D eigenvalue weighted by atomic mass is 16.2. The number of nitrogens with one attached hydrogen (secondary N) is 1. The lowest BCUT2D eigenvalue weighted by Crippen LogP contribution is -2.46. The molecule has 0 saturated heterocycles. The van der Waals surface area contributed by atoms with Crippen LogP contribution < -0.4 is 5.32 Å². The van der Waals surface area contributed by atoms with Gasteiger partial charge in [0.2, 0.25) is 5.91 Å². The molecule has 2 saturated carbocycles. The number of amides is 1. The third-order valence-electron chi connectivity index (χ3n) is 2.77. The van der Waals surface area contributed by atoms with Crippen LogP contribution in [0.15, 0.2) is 0 Å². The molecule has 0 aromatic rings. The highest BCUT2D eigenvalue weighted by molar-refractivity contribution is 5.96. The van der Waals surface area contributed by atoms with Gasteiger partial charge in [0.05, 0.1) is 5.92 Å². The Bertz CT molecular complexity index is 213. The number of carbonyl (C=O) groups excluding carboxylic acids is 2. The summed E-state index contributed by atoms with van der Waals surface area (Å²) in [5, 5.41) is 2.95. The summed E-state index contributed by atoms with van der Waals surface area (Å²) in [5.74, 6) is 0.321. The van der Waals surface area contributed by atoms with E-state index in [-0.39, 0.29) is 17.6 Å². The molecule has 0 bridgehead atoms. The van der Waals surface area contributed by atoms with E-state index in [0.717, 1.165) is 12.8 Å². The first-order chi connectivity index (χ1) is 5.75. The lowest BCUT2D eigenvalue weighted by atomic mass is 9.82. The fourth-order valence-electron chi connectivity index (χ4n) is 1.55. The monoisotopic (exact) mass is 167 g/mol. The van der Waals surface area contributed by atoms with Gasteiger partial charge in [0.15, 0.2) is 0 Å². The van der Waals surface area contributed by atoms with Crippen LogP contribution >= 0.6 is 0 Å². The Balaban J connectivity index is 1.73. The topological polar surface area (TPSA) is 46.2 Å². The molecular weight excluding hydrogens is 154 g/mol. The molecule has 0 spiro atoms. The summed E-state index contributed by atoms with van der Waals surface area (Å²) in [4.78, 5) is 21.9. The van der Waals surface area contributed by atoms with E-state index in [1.54, 1.807) is 0 Å². The lowest BCUT2D eigenvalue weighted by molar-refractivity contribution is -0.138. The second-order valence-corrected chi connectivity index (χ2v) is 3.78. The zero-order chi connectivity index (χ0) is 8.55. The number of hydrogen-bond donors (Lipinski definition) is 1. The van der Waals surface area contributed by atoms with Crippen LogP contribution in [0, 0.1) is 5.92 Å². The van der Waals surface area contributed by atoms with Crippen molar-refractivity contribution in [2.75, 3.05) is 0 Å². The molecule has 2 aliphatic rings. The Morgan fingerprint density at radius 1 is 1.33 bits per heavy atom. The molecule has 2 aliphatic carbocycles. The summed E-state index contributed by atoms with van der Waals surface area (Å²) in [6.45, 7) is 0. The van der Waals surface area contributed by atoms with Crippen LogP contribution in [-0.4, -0.2) is 17.7 Å². The molecule has 0 aromatic carbocycles. The molecule has 1 N–H and O–H groups in total. The number of Topliss-reactive ketones (excluding diaryl/α,β-unsaturated/α-hetero) is 1. The molecule has 3 heteroatoms. The van der Waals surface area contributed by atoms with E-state index >= 15 is 0 Å². The fraction of sp³-hybridized carbons (Fsp3) is 0.778. The van der Waals surface area contributed by atoms with E-state index in [1.807, 2.05) is 0 Å². The number of hydrogen-bond acceptors (Lipinski definition) is 2. The minimum Gasteiger partial charge on any atom is -0.353 e. The summed E-state index contributed by atoms with van der Waals surface area (Å²) in [5.41, 5.74) is 0. The van der Waals surface area contributed by atoms with Crippen LogP contribution in [0.25, 0.3) is 0 Å². The second-order valence-electron chi connectivity index (χ2n) is 3.78. The molecule has 0 radical (unpaired) electrons. The van der Waals surface area contributed by atoms with Gasteiger partial charge in [-0.15, -0.1) is 0 Å². The predicted molar refractivity (Wildman–Crippen MR) is 43.5 cm³/mol. The molecule has 0 unspecified atom stereocenters. The molecule has 12 heavy (non-hydrogen) atoms. The molecule has 0 aromatic heterocycles. The summed E-state index contributed by atoms with van der Waals surface area (Å²) in [6.07, 6.45) is 4.41. The fourth-order valence-corrected chi connectivity index (χ4v) is 1.55. The molecule has 1 amide bonds. The first kappa shape index (κ1) is 7.77. The first-order valence-electron chi connectivity index (χ1n) is 4.58. The van der Waals surface area contributed by atoms with Crippen molar-refractivity contribution in [2.45, 2.75) is 38.1 Å². The third kappa shape index (κ3) is 1.36. The van der Waals surface area contributed by atoms with Gasteiger partial charge in [-0.2, -0.15) is 0 Å². The van der Waals surface area contributed by atoms with Crippen molar-refractivity contribution < 1.29 is 9.59 Å². The van der Waals surface area contributed by atoms with Gasteiger partial charge in [0, 0.05) is 18.9 Å². The van der Waals surface area contributed by atoms with Gasteiger partial charge in [-0.1, -0.05) is 0 Å². The Morgan fingerprint density at radius 3 is 2.42 bits per heavy atom. The number of rotatable bonds is 2. The van der Waals surface area contributed by atoms with Crippen molar-refractivity contribution >= 4 is 11.7 Å². The summed E-state index contributed by atoms with van der Waals surface area (Å²) >= 11 is 0. The minimum absolute atomic E-state index is 0.00176. The Morgan fingerprint density at radius 2 is 2.00 bits per heavy atom. The third-order valence-corrected chi connectivity index (χ3v) is 2.77. The minimum atomic E-state index is -0.00176. The average Bonchev–Trinajstić information content (AvgIpc) is 1.90. The predicted octanol–water partition coefficient (Wildman–Crippen LogP) is 0.634. The van der Waals surface area contributed by atoms with Gasteiger partial charge in [-0.3, -0.25) is 9.59 Å². The van der Waals surface area contributed by atoms with Crippen molar-refractivity contribution in [1.82, 2.24) is 5.32 Å². The van der Waals surface area contributed by atoms with Crippen molar-refractivity contribution in [3.05, 3.63) is 0 Å². The number of ketones is 1. The van der Waals surface area contributed by atoms with Crippen LogP contribution in [0.5, 0.6) is 0 Å². The summed E-state index contributed by atoms with van der Waals surface area (Å²) < 4.78 is 0. The highest BCUT2D eigenvalue weighted by Crippen LogP contribution is 2.25. The van der Waals surface area contributed by atoms with E-state index in [0.29, 0.717) is 18.9 Å². The lowest BCUT2D eigenvalue weighted by Gasteiger charge is -2.30. The molecule has 3 nitrogen and oxygen atoms in total. The zero-order valence-corrected chi connectivity index (χ0v) is 7.01. The van der Waals surface area contributed by atoms with E-state index in [2.05, 4.69) is 5.32 Å². The van der Waals surface area contributed by atoms with Crippen molar-refractivity contribution in [3.8, 4) is 0 Å². The Labute approximate surface area is 71.5 Å². The van der Waals surface area contributed by atoms with Gasteiger partial charge in [-0.25, -0.2) is 0 Å². The normalized spacial score (nSPS) is 24.5. The number of carbonyl (C=O) groups is 2. The summed E-state index contributed by atoms with van der Waals surface area (Å²) in [6, 6.07) is 0.410. The Hall–Kier alpha value is -0.860. The molecule has 0 aliphatic heterocycles. The van der Waals surface area contributed by atoms with Crippen LogP contribution in [0.2, 0.25) is 0 Å². The standard InChI is InChI=1S/C9H13NO2/c11-8-4-6(5-8)9(12)10-7-2-1-3-7/h6-7H,1-5H2,(H,10,12). The van der Waals surface area contributed by atoms with Gasteiger partial charge < -0.3 is 5.32 Å². The molecule has 2 rings (SSSR count). The Kier molecular flexibility index (Phi) is 1.87. The second kappa shape index (κ2) is 2.88. The van der Waals surface area contributed by atoms with Gasteiger partial charge in [0.1, 0.15) is 5.78 Å².